The summed E-state index contributed by atoms with van der Waals surface area (Å²) >= 11 is 5.98. The standard InChI is InChI=1S/C14H18ClN3O/c1-19-13-4-6-17(7-5-13)9-12-10-18-8-11(15)2-3-14(18)16-12/h2-3,8,10,13H,4-7,9H2,1H3. The first-order valence-electron chi connectivity index (χ1n) is 6.63. The van der Waals surface area contributed by atoms with Gasteiger partial charge in [0.2, 0.25) is 0 Å². The molecule has 1 saturated heterocycles. The molecule has 102 valence electrons. The van der Waals surface area contributed by atoms with E-state index in [2.05, 4.69) is 16.1 Å². The second-order valence-corrected chi connectivity index (χ2v) is 5.49. The predicted octanol–water partition coefficient (Wildman–Crippen LogP) is 2.60. The van der Waals surface area contributed by atoms with Gasteiger partial charge in [0, 0.05) is 39.1 Å². The van der Waals surface area contributed by atoms with Gasteiger partial charge in [0.15, 0.2) is 0 Å². The highest BCUT2D eigenvalue weighted by atomic mass is 35.5. The van der Waals surface area contributed by atoms with Crippen LogP contribution in [0.3, 0.4) is 0 Å². The van der Waals surface area contributed by atoms with Crippen molar-refractivity contribution in [3.63, 3.8) is 0 Å². The zero-order valence-corrected chi connectivity index (χ0v) is 11.8. The lowest BCUT2D eigenvalue weighted by Gasteiger charge is -2.30. The molecule has 0 bridgehead atoms. The molecule has 1 aliphatic heterocycles. The fraction of sp³-hybridized carbons (Fsp3) is 0.500. The third-order valence-corrected chi connectivity index (χ3v) is 3.94. The van der Waals surface area contributed by atoms with Crippen LogP contribution in [0.5, 0.6) is 0 Å². The summed E-state index contributed by atoms with van der Waals surface area (Å²) in [7, 11) is 1.80. The van der Waals surface area contributed by atoms with Crippen LogP contribution in [0.2, 0.25) is 5.02 Å². The van der Waals surface area contributed by atoms with Crippen molar-refractivity contribution in [2.75, 3.05) is 20.2 Å². The first-order valence-corrected chi connectivity index (χ1v) is 7.00. The van der Waals surface area contributed by atoms with Crippen molar-refractivity contribution in [2.24, 2.45) is 0 Å². The number of nitrogens with zero attached hydrogens (tertiary/aromatic N) is 3. The molecule has 19 heavy (non-hydrogen) atoms. The van der Waals surface area contributed by atoms with Crippen molar-refractivity contribution in [2.45, 2.75) is 25.5 Å². The van der Waals surface area contributed by atoms with Gasteiger partial charge in [-0.2, -0.15) is 0 Å². The molecule has 5 heteroatoms. The van der Waals surface area contributed by atoms with Crippen LogP contribution in [0, 0.1) is 0 Å². The molecular weight excluding hydrogens is 262 g/mol. The van der Waals surface area contributed by atoms with Gasteiger partial charge in [0.1, 0.15) is 5.65 Å². The summed E-state index contributed by atoms with van der Waals surface area (Å²) in [6.07, 6.45) is 6.59. The summed E-state index contributed by atoms with van der Waals surface area (Å²) in [4.78, 5) is 7.05. The Balaban J connectivity index is 1.68. The van der Waals surface area contributed by atoms with Crippen LogP contribution in [0.25, 0.3) is 5.65 Å². The SMILES string of the molecule is COC1CCN(Cc2cn3cc(Cl)ccc3n2)CC1. The van der Waals surface area contributed by atoms with Crippen molar-refractivity contribution >= 4 is 17.2 Å². The molecule has 0 N–H and O–H groups in total. The Labute approximate surface area is 117 Å². The molecule has 2 aromatic heterocycles. The van der Waals surface area contributed by atoms with E-state index in [0.717, 1.165) is 48.8 Å². The molecule has 0 radical (unpaired) electrons. The lowest BCUT2D eigenvalue weighted by molar-refractivity contribution is 0.0385. The number of aromatic nitrogens is 2. The number of rotatable bonds is 3. The topological polar surface area (TPSA) is 29.8 Å². The fourth-order valence-electron chi connectivity index (χ4n) is 2.63. The van der Waals surface area contributed by atoms with E-state index in [1.807, 2.05) is 22.7 Å². The van der Waals surface area contributed by atoms with Gasteiger partial charge in [0.25, 0.3) is 0 Å². The molecule has 2 aromatic rings. The van der Waals surface area contributed by atoms with Gasteiger partial charge in [0.05, 0.1) is 16.8 Å². The van der Waals surface area contributed by atoms with E-state index in [0.29, 0.717) is 6.10 Å². The molecule has 1 fully saturated rings. The average Bonchev–Trinajstić information content (AvgIpc) is 2.81. The van der Waals surface area contributed by atoms with Crippen LogP contribution in [-0.4, -0.2) is 40.6 Å². The number of likely N-dealkylation sites (tertiary alicyclic amines) is 1. The number of hydrogen-bond donors (Lipinski definition) is 0. The third-order valence-electron chi connectivity index (χ3n) is 3.72. The van der Waals surface area contributed by atoms with E-state index in [9.17, 15) is 0 Å². The van der Waals surface area contributed by atoms with Crippen molar-refractivity contribution < 1.29 is 4.74 Å². The molecule has 0 spiro atoms. The lowest BCUT2D eigenvalue weighted by Crippen LogP contribution is -2.36. The lowest BCUT2D eigenvalue weighted by atomic mass is 10.1. The maximum atomic E-state index is 5.98. The Morgan fingerprint density at radius 1 is 1.32 bits per heavy atom. The molecule has 0 atom stereocenters. The number of fused-ring (bicyclic) bond motifs is 1. The van der Waals surface area contributed by atoms with E-state index in [-0.39, 0.29) is 0 Å². The Kier molecular flexibility index (Phi) is 3.73. The Bertz CT molecular complexity index is 561. The number of ether oxygens (including phenoxy) is 1. The van der Waals surface area contributed by atoms with Crippen molar-refractivity contribution in [3.05, 3.63) is 35.2 Å². The van der Waals surface area contributed by atoms with Crippen LogP contribution in [0.15, 0.2) is 24.5 Å². The third kappa shape index (κ3) is 2.91. The van der Waals surface area contributed by atoms with E-state index in [4.69, 9.17) is 16.3 Å². The van der Waals surface area contributed by atoms with Gasteiger partial charge in [-0.15, -0.1) is 0 Å². The maximum Gasteiger partial charge on any atom is 0.137 e. The van der Waals surface area contributed by atoms with E-state index >= 15 is 0 Å². The van der Waals surface area contributed by atoms with Crippen LogP contribution in [-0.2, 0) is 11.3 Å². The Hall–Kier alpha value is -1.10. The normalized spacial score (nSPS) is 18.2. The monoisotopic (exact) mass is 279 g/mol. The Morgan fingerprint density at radius 3 is 2.84 bits per heavy atom. The largest absolute Gasteiger partial charge is 0.381 e. The van der Waals surface area contributed by atoms with Crippen LogP contribution in [0.4, 0.5) is 0 Å². The molecule has 3 rings (SSSR count). The van der Waals surface area contributed by atoms with Crippen LogP contribution in [0.1, 0.15) is 18.5 Å². The smallest absolute Gasteiger partial charge is 0.137 e. The molecule has 0 aromatic carbocycles. The minimum Gasteiger partial charge on any atom is -0.381 e. The summed E-state index contributed by atoms with van der Waals surface area (Å²) in [6, 6.07) is 3.82. The minimum absolute atomic E-state index is 0.427. The van der Waals surface area contributed by atoms with Gasteiger partial charge in [-0.1, -0.05) is 11.6 Å². The number of hydrogen-bond acceptors (Lipinski definition) is 3. The molecule has 0 saturated carbocycles. The van der Waals surface area contributed by atoms with Crippen molar-refractivity contribution in [1.29, 1.82) is 0 Å². The number of halogens is 1. The van der Waals surface area contributed by atoms with Gasteiger partial charge in [-0.05, 0) is 25.0 Å². The van der Waals surface area contributed by atoms with Gasteiger partial charge < -0.3 is 9.14 Å². The molecule has 0 amide bonds. The zero-order chi connectivity index (χ0) is 13.2. The van der Waals surface area contributed by atoms with Crippen molar-refractivity contribution in [3.8, 4) is 0 Å². The molecule has 3 heterocycles. The summed E-state index contributed by atoms with van der Waals surface area (Å²) in [5, 5.41) is 0.734. The molecule has 1 aliphatic rings. The molecular formula is C14H18ClN3O. The molecule has 0 unspecified atom stereocenters. The highest BCUT2D eigenvalue weighted by Crippen LogP contribution is 2.17. The highest BCUT2D eigenvalue weighted by Gasteiger charge is 2.19. The molecule has 4 nitrogen and oxygen atoms in total. The zero-order valence-electron chi connectivity index (χ0n) is 11.1. The fourth-order valence-corrected chi connectivity index (χ4v) is 2.79. The number of methoxy groups -OCH3 is 1. The minimum atomic E-state index is 0.427. The van der Waals surface area contributed by atoms with Crippen LogP contribution < -0.4 is 0 Å². The van der Waals surface area contributed by atoms with Gasteiger partial charge in [-0.25, -0.2) is 4.98 Å². The quantitative estimate of drug-likeness (QED) is 0.865. The summed E-state index contributed by atoms with van der Waals surface area (Å²) in [6.45, 7) is 3.05. The highest BCUT2D eigenvalue weighted by molar-refractivity contribution is 6.30. The van der Waals surface area contributed by atoms with E-state index < -0.39 is 0 Å². The van der Waals surface area contributed by atoms with Gasteiger partial charge >= 0.3 is 0 Å². The van der Waals surface area contributed by atoms with Crippen molar-refractivity contribution in [1.82, 2.24) is 14.3 Å². The Morgan fingerprint density at radius 2 is 2.11 bits per heavy atom. The maximum absolute atomic E-state index is 5.98. The number of pyridine rings is 1. The molecule has 0 aliphatic carbocycles. The number of imidazole rings is 1. The predicted molar refractivity (Wildman–Crippen MR) is 75.5 cm³/mol. The first kappa shape index (κ1) is 12.9. The first-order chi connectivity index (χ1) is 9.24. The summed E-state index contributed by atoms with van der Waals surface area (Å²) in [5.41, 5.74) is 2.05. The average molecular weight is 280 g/mol. The summed E-state index contributed by atoms with van der Waals surface area (Å²) in [5.74, 6) is 0. The van der Waals surface area contributed by atoms with Crippen LogP contribution >= 0.6 is 11.6 Å². The van der Waals surface area contributed by atoms with Gasteiger partial charge in [-0.3, -0.25) is 4.90 Å². The van der Waals surface area contributed by atoms with E-state index in [1.54, 1.807) is 7.11 Å². The number of piperidine rings is 1. The second kappa shape index (κ2) is 5.49. The second-order valence-electron chi connectivity index (χ2n) is 5.06. The van der Waals surface area contributed by atoms with E-state index in [1.165, 1.54) is 0 Å². The summed E-state index contributed by atoms with van der Waals surface area (Å²) < 4.78 is 7.38.